The number of rotatable bonds is 1. The molecule has 15 heavy (non-hydrogen) atoms. The number of carbonyl (C=O) groups is 2. The molecular formula is C12H9ClO2. The Morgan fingerprint density at radius 2 is 1.93 bits per heavy atom. The van der Waals surface area contributed by atoms with Gasteiger partial charge in [0.1, 0.15) is 0 Å². The van der Waals surface area contributed by atoms with E-state index in [0.29, 0.717) is 28.1 Å². The molecule has 1 aliphatic carbocycles. The fourth-order valence-electron chi connectivity index (χ4n) is 1.66. The highest BCUT2D eigenvalue weighted by Crippen LogP contribution is 2.25. The third kappa shape index (κ3) is 1.61. The summed E-state index contributed by atoms with van der Waals surface area (Å²) in [5, 5.41) is 0.479. The van der Waals surface area contributed by atoms with E-state index in [1.165, 1.54) is 6.08 Å². The zero-order chi connectivity index (χ0) is 11.0. The molecular weight excluding hydrogens is 212 g/mol. The molecule has 0 fully saturated rings. The molecule has 0 aromatic heterocycles. The van der Waals surface area contributed by atoms with Crippen LogP contribution in [0.4, 0.5) is 0 Å². The van der Waals surface area contributed by atoms with E-state index in [-0.39, 0.29) is 11.6 Å². The first-order chi connectivity index (χ1) is 7.13. The molecule has 2 rings (SSSR count). The van der Waals surface area contributed by atoms with E-state index in [1.807, 2.05) is 6.92 Å². The SMILES string of the molecule is CCC1=CC(=O)c2ccc(Cl)cc2C1=O. The Morgan fingerprint density at radius 3 is 2.60 bits per heavy atom. The average Bonchev–Trinajstić information content (AvgIpc) is 2.23. The van der Waals surface area contributed by atoms with Gasteiger partial charge in [-0.2, -0.15) is 0 Å². The van der Waals surface area contributed by atoms with Gasteiger partial charge in [0, 0.05) is 21.7 Å². The lowest BCUT2D eigenvalue weighted by molar-refractivity contribution is 0.0982. The molecule has 0 atom stereocenters. The number of allylic oxidation sites excluding steroid dienone is 2. The molecule has 0 unspecified atom stereocenters. The van der Waals surface area contributed by atoms with E-state index in [0.717, 1.165) is 0 Å². The Bertz CT molecular complexity index is 486. The first-order valence-corrected chi connectivity index (χ1v) is 5.10. The van der Waals surface area contributed by atoms with Gasteiger partial charge < -0.3 is 0 Å². The largest absolute Gasteiger partial charge is 0.289 e. The molecule has 1 aromatic rings. The number of Topliss-reactive ketones (excluding diaryl/α,β-unsaturated/α-hetero) is 1. The van der Waals surface area contributed by atoms with Gasteiger partial charge in [-0.15, -0.1) is 0 Å². The minimum Gasteiger partial charge on any atom is -0.289 e. The predicted molar refractivity (Wildman–Crippen MR) is 58.5 cm³/mol. The molecule has 0 heterocycles. The monoisotopic (exact) mass is 220 g/mol. The van der Waals surface area contributed by atoms with Gasteiger partial charge in [-0.25, -0.2) is 0 Å². The van der Waals surface area contributed by atoms with Crippen LogP contribution in [0.3, 0.4) is 0 Å². The van der Waals surface area contributed by atoms with Crippen molar-refractivity contribution in [1.29, 1.82) is 0 Å². The maximum Gasteiger partial charge on any atom is 0.189 e. The van der Waals surface area contributed by atoms with Gasteiger partial charge in [-0.3, -0.25) is 9.59 Å². The van der Waals surface area contributed by atoms with E-state index in [2.05, 4.69) is 0 Å². The summed E-state index contributed by atoms with van der Waals surface area (Å²) in [6.07, 6.45) is 1.98. The minimum atomic E-state index is -0.113. The zero-order valence-electron chi connectivity index (χ0n) is 8.21. The Balaban J connectivity index is 2.62. The van der Waals surface area contributed by atoms with Gasteiger partial charge in [-0.05, 0) is 30.7 Å². The molecule has 1 aliphatic rings. The molecule has 0 saturated heterocycles. The van der Waals surface area contributed by atoms with Crippen LogP contribution in [0.2, 0.25) is 5.02 Å². The lowest BCUT2D eigenvalue weighted by Gasteiger charge is -2.13. The minimum absolute atomic E-state index is 0.0883. The second-order valence-corrected chi connectivity index (χ2v) is 3.84. The normalized spacial score (nSPS) is 14.9. The lowest BCUT2D eigenvalue weighted by Crippen LogP contribution is -2.16. The molecule has 0 amide bonds. The summed E-state index contributed by atoms with van der Waals surface area (Å²) in [4.78, 5) is 23.5. The van der Waals surface area contributed by atoms with Crippen molar-refractivity contribution in [2.24, 2.45) is 0 Å². The van der Waals surface area contributed by atoms with Crippen molar-refractivity contribution in [2.45, 2.75) is 13.3 Å². The molecule has 0 bridgehead atoms. The topological polar surface area (TPSA) is 34.1 Å². The van der Waals surface area contributed by atoms with Crippen molar-refractivity contribution in [3.05, 3.63) is 46.0 Å². The number of hydrogen-bond donors (Lipinski definition) is 0. The second kappa shape index (κ2) is 3.63. The van der Waals surface area contributed by atoms with Crippen molar-refractivity contribution in [2.75, 3.05) is 0 Å². The summed E-state index contributed by atoms with van der Waals surface area (Å²) >= 11 is 5.80. The van der Waals surface area contributed by atoms with E-state index < -0.39 is 0 Å². The Hall–Kier alpha value is -1.41. The Morgan fingerprint density at radius 1 is 1.20 bits per heavy atom. The molecule has 2 nitrogen and oxygen atoms in total. The summed E-state index contributed by atoms with van der Waals surface area (Å²) in [5.41, 5.74) is 1.42. The van der Waals surface area contributed by atoms with Crippen molar-refractivity contribution in [3.63, 3.8) is 0 Å². The van der Waals surface area contributed by atoms with Crippen LogP contribution in [-0.4, -0.2) is 11.6 Å². The molecule has 3 heteroatoms. The molecule has 0 spiro atoms. The fourth-order valence-corrected chi connectivity index (χ4v) is 1.83. The third-order valence-electron chi connectivity index (χ3n) is 2.47. The Kier molecular flexibility index (Phi) is 2.45. The van der Waals surface area contributed by atoms with Crippen LogP contribution < -0.4 is 0 Å². The number of hydrogen-bond acceptors (Lipinski definition) is 2. The van der Waals surface area contributed by atoms with Gasteiger partial charge in [0.2, 0.25) is 0 Å². The first kappa shape index (κ1) is 10.1. The molecule has 0 aliphatic heterocycles. The van der Waals surface area contributed by atoms with Crippen LogP contribution in [-0.2, 0) is 0 Å². The molecule has 0 radical (unpaired) electrons. The standard InChI is InChI=1S/C12H9ClO2/c1-2-7-5-11(14)9-4-3-8(13)6-10(9)12(7)15/h3-6H,2H2,1H3. The van der Waals surface area contributed by atoms with Crippen LogP contribution in [0, 0.1) is 0 Å². The maximum atomic E-state index is 11.9. The highest BCUT2D eigenvalue weighted by Gasteiger charge is 2.24. The number of carbonyl (C=O) groups excluding carboxylic acids is 2. The van der Waals surface area contributed by atoms with Crippen molar-refractivity contribution in [3.8, 4) is 0 Å². The van der Waals surface area contributed by atoms with Gasteiger partial charge >= 0.3 is 0 Å². The highest BCUT2D eigenvalue weighted by atomic mass is 35.5. The average molecular weight is 221 g/mol. The summed E-state index contributed by atoms with van der Waals surface area (Å²) in [5.74, 6) is -0.201. The van der Waals surface area contributed by atoms with Gasteiger partial charge in [0.05, 0.1) is 0 Å². The summed E-state index contributed by atoms with van der Waals surface area (Å²) in [6, 6.07) is 4.77. The first-order valence-electron chi connectivity index (χ1n) is 4.72. The number of benzene rings is 1. The maximum absolute atomic E-state index is 11.9. The summed E-state index contributed by atoms with van der Waals surface area (Å²) in [6.45, 7) is 1.85. The van der Waals surface area contributed by atoms with Crippen molar-refractivity contribution >= 4 is 23.2 Å². The number of ketones is 2. The van der Waals surface area contributed by atoms with E-state index in [4.69, 9.17) is 11.6 Å². The van der Waals surface area contributed by atoms with E-state index >= 15 is 0 Å². The second-order valence-electron chi connectivity index (χ2n) is 3.41. The summed E-state index contributed by atoms with van der Waals surface area (Å²) < 4.78 is 0. The summed E-state index contributed by atoms with van der Waals surface area (Å²) in [7, 11) is 0. The highest BCUT2D eigenvalue weighted by molar-refractivity contribution is 6.32. The van der Waals surface area contributed by atoms with Crippen LogP contribution in [0.25, 0.3) is 0 Å². The smallest absolute Gasteiger partial charge is 0.189 e. The van der Waals surface area contributed by atoms with E-state index in [9.17, 15) is 9.59 Å². The number of fused-ring (bicyclic) bond motifs is 1. The molecule has 1 aromatic carbocycles. The van der Waals surface area contributed by atoms with Crippen LogP contribution in [0.5, 0.6) is 0 Å². The molecule has 76 valence electrons. The van der Waals surface area contributed by atoms with Gasteiger partial charge in [-0.1, -0.05) is 18.5 Å². The van der Waals surface area contributed by atoms with Crippen LogP contribution >= 0.6 is 11.6 Å². The zero-order valence-corrected chi connectivity index (χ0v) is 8.97. The Labute approximate surface area is 92.6 Å². The quantitative estimate of drug-likeness (QED) is 0.729. The van der Waals surface area contributed by atoms with Crippen LogP contribution in [0.1, 0.15) is 34.1 Å². The van der Waals surface area contributed by atoms with Gasteiger partial charge in [0.15, 0.2) is 11.6 Å². The predicted octanol–water partition coefficient (Wildman–Crippen LogP) is 3.06. The van der Waals surface area contributed by atoms with Crippen LogP contribution in [0.15, 0.2) is 29.8 Å². The molecule has 0 saturated carbocycles. The molecule has 0 N–H and O–H groups in total. The number of halogens is 1. The van der Waals surface area contributed by atoms with E-state index in [1.54, 1.807) is 18.2 Å². The lowest BCUT2D eigenvalue weighted by atomic mass is 9.88. The van der Waals surface area contributed by atoms with Crippen molar-refractivity contribution < 1.29 is 9.59 Å². The fraction of sp³-hybridized carbons (Fsp3) is 0.167. The van der Waals surface area contributed by atoms with Crippen molar-refractivity contribution in [1.82, 2.24) is 0 Å². The van der Waals surface area contributed by atoms with Gasteiger partial charge in [0.25, 0.3) is 0 Å². The third-order valence-corrected chi connectivity index (χ3v) is 2.70.